The van der Waals surface area contributed by atoms with E-state index in [1.165, 1.54) is 26.3 Å². The van der Waals surface area contributed by atoms with Crippen LogP contribution in [0.15, 0.2) is 12.3 Å². The van der Waals surface area contributed by atoms with Crippen LogP contribution in [-0.2, 0) is 28.5 Å². The summed E-state index contributed by atoms with van der Waals surface area (Å²) >= 11 is 0. The van der Waals surface area contributed by atoms with E-state index in [-0.39, 0.29) is 42.2 Å². The molecular formula is C26H39NO9. The van der Waals surface area contributed by atoms with Crippen LogP contribution in [0.2, 0.25) is 0 Å². The van der Waals surface area contributed by atoms with Gasteiger partial charge in [-0.25, -0.2) is 4.98 Å². The van der Waals surface area contributed by atoms with Gasteiger partial charge in [-0.3, -0.25) is 14.4 Å². The molecule has 0 aliphatic carbocycles. The first-order valence-electron chi connectivity index (χ1n) is 12.4. The Morgan fingerprint density at radius 1 is 1.28 bits per heavy atom. The molecule has 2 heterocycles. The van der Waals surface area contributed by atoms with Crippen LogP contribution in [0.25, 0.3) is 0 Å². The number of ether oxygens (including phenoxy) is 6. The quantitative estimate of drug-likeness (QED) is 0.249. The number of carbonyl (C=O) groups excluding carboxylic acids is 3. The third kappa shape index (κ3) is 8.74. The van der Waals surface area contributed by atoms with Crippen molar-refractivity contribution in [3.8, 4) is 11.5 Å². The Balaban J connectivity index is 2.19. The van der Waals surface area contributed by atoms with E-state index < -0.39 is 36.5 Å². The molecule has 10 nitrogen and oxygen atoms in total. The predicted molar refractivity (Wildman–Crippen MR) is 130 cm³/mol. The molecule has 0 aromatic carbocycles. The van der Waals surface area contributed by atoms with Gasteiger partial charge < -0.3 is 28.4 Å². The van der Waals surface area contributed by atoms with Crippen LogP contribution >= 0.6 is 0 Å². The fourth-order valence-corrected chi connectivity index (χ4v) is 4.00. The van der Waals surface area contributed by atoms with Gasteiger partial charge in [0.05, 0.1) is 25.7 Å². The first kappa shape index (κ1) is 29.5. The zero-order chi connectivity index (χ0) is 26.7. The van der Waals surface area contributed by atoms with Crippen LogP contribution in [0.1, 0.15) is 64.4 Å². The Kier molecular flexibility index (Phi) is 12.1. The van der Waals surface area contributed by atoms with Crippen molar-refractivity contribution in [3.63, 3.8) is 0 Å². The lowest BCUT2D eigenvalue weighted by atomic mass is 9.91. The predicted octanol–water partition coefficient (Wildman–Crippen LogP) is 3.60. The Morgan fingerprint density at radius 2 is 2.03 bits per heavy atom. The van der Waals surface area contributed by atoms with Crippen molar-refractivity contribution in [2.45, 2.75) is 66.1 Å². The van der Waals surface area contributed by atoms with E-state index in [2.05, 4.69) is 25.8 Å². The molecular weight excluding hydrogens is 470 g/mol. The second kappa shape index (κ2) is 14.7. The maximum atomic E-state index is 13.2. The van der Waals surface area contributed by atoms with Crippen molar-refractivity contribution in [1.29, 1.82) is 0 Å². The maximum Gasteiger partial charge on any atom is 0.312 e. The maximum absolute atomic E-state index is 13.2. The molecule has 1 fully saturated rings. The van der Waals surface area contributed by atoms with Gasteiger partial charge in [-0.15, -0.1) is 0 Å². The molecule has 0 unspecified atom stereocenters. The van der Waals surface area contributed by atoms with Crippen molar-refractivity contribution < 1.29 is 42.8 Å². The Labute approximate surface area is 212 Å². The molecule has 0 N–H and O–H groups in total. The van der Waals surface area contributed by atoms with Gasteiger partial charge in [-0.1, -0.05) is 27.2 Å². The summed E-state index contributed by atoms with van der Waals surface area (Å²) < 4.78 is 33.3. The summed E-state index contributed by atoms with van der Waals surface area (Å²) in [5, 5.41) is 0. The van der Waals surface area contributed by atoms with Gasteiger partial charge in [0.15, 0.2) is 23.0 Å². The summed E-state index contributed by atoms with van der Waals surface area (Å²) in [5.41, 5.74) is -0.0383. The third-order valence-corrected chi connectivity index (χ3v) is 5.91. The van der Waals surface area contributed by atoms with E-state index in [0.717, 1.165) is 12.8 Å². The number of methoxy groups -OCH3 is 1. The third-order valence-electron chi connectivity index (χ3n) is 5.91. The van der Waals surface area contributed by atoms with Crippen LogP contribution in [-0.4, -0.2) is 68.6 Å². The Hall–Kier alpha value is -2.72. The average molecular weight is 510 g/mol. The molecule has 0 spiro atoms. The molecule has 1 saturated heterocycles. The van der Waals surface area contributed by atoms with Crippen LogP contribution in [0.4, 0.5) is 0 Å². The lowest BCUT2D eigenvalue weighted by Crippen LogP contribution is -2.41. The standard InChI is InChI=1S/C26H39NO9/c1-7-19-9-11-32-14-20(26(30)36-17(4)24(19)33-13-16(2)3)12-21(29)23-25(35-15-34-18(5)28)22(31-6)8-10-27-23/h8,10,16-17,19-20,24H,7,9,11-15H2,1-6H3/t17-,19-,20-,24-/m0/s1. The van der Waals surface area contributed by atoms with E-state index >= 15 is 0 Å². The van der Waals surface area contributed by atoms with Crippen LogP contribution in [0.3, 0.4) is 0 Å². The van der Waals surface area contributed by atoms with Gasteiger partial charge in [-0.05, 0) is 25.2 Å². The zero-order valence-corrected chi connectivity index (χ0v) is 22.1. The molecule has 0 saturated carbocycles. The van der Waals surface area contributed by atoms with Crippen molar-refractivity contribution in [2.75, 3.05) is 33.7 Å². The molecule has 4 atom stereocenters. The van der Waals surface area contributed by atoms with E-state index in [0.29, 0.717) is 19.1 Å². The summed E-state index contributed by atoms with van der Waals surface area (Å²) in [6, 6.07) is 1.52. The normalized spacial score (nSPS) is 23.0. The first-order chi connectivity index (χ1) is 17.2. The monoisotopic (exact) mass is 509 g/mol. The van der Waals surface area contributed by atoms with Gasteiger partial charge in [-0.2, -0.15) is 0 Å². The SMILES string of the molecule is CC[C@H]1CCOC[C@H](CC(=O)c2nccc(OC)c2OCOC(C)=O)C(=O)O[C@@H](C)[C@@H]1OCC(C)C. The van der Waals surface area contributed by atoms with E-state index in [4.69, 9.17) is 28.4 Å². The summed E-state index contributed by atoms with van der Waals surface area (Å²) in [6.07, 6.45) is 2.08. The number of ketones is 1. The van der Waals surface area contributed by atoms with Crippen molar-refractivity contribution in [2.24, 2.45) is 17.8 Å². The number of hydrogen-bond donors (Lipinski definition) is 0. The highest BCUT2D eigenvalue weighted by Crippen LogP contribution is 2.32. The highest BCUT2D eigenvalue weighted by molar-refractivity contribution is 5.99. The molecule has 1 aromatic rings. The van der Waals surface area contributed by atoms with Crippen molar-refractivity contribution in [3.05, 3.63) is 18.0 Å². The number of pyridine rings is 1. The van der Waals surface area contributed by atoms with E-state index in [9.17, 15) is 14.4 Å². The van der Waals surface area contributed by atoms with Crippen molar-refractivity contribution in [1.82, 2.24) is 4.98 Å². The first-order valence-corrected chi connectivity index (χ1v) is 12.4. The number of cyclic esters (lactones) is 1. The van der Waals surface area contributed by atoms with E-state index in [1.54, 1.807) is 0 Å². The molecule has 1 aliphatic rings. The zero-order valence-electron chi connectivity index (χ0n) is 22.1. The summed E-state index contributed by atoms with van der Waals surface area (Å²) in [6.45, 7) is 9.92. The topological polar surface area (TPSA) is 119 Å². The lowest BCUT2D eigenvalue weighted by Gasteiger charge is -2.33. The summed E-state index contributed by atoms with van der Waals surface area (Å²) in [5.74, 6) is -1.56. The number of nitrogens with zero attached hydrogens (tertiary/aromatic N) is 1. The Morgan fingerprint density at radius 3 is 2.67 bits per heavy atom. The lowest BCUT2D eigenvalue weighted by molar-refractivity contribution is -0.170. The largest absolute Gasteiger partial charge is 0.493 e. The molecule has 10 heteroatoms. The molecule has 0 radical (unpaired) electrons. The highest BCUT2D eigenvalue weighted by atomic mass is 16.7. The summed E-state index contributed by atoms with van der Waals surface area (Å²) in [7, 11) is 1.41. The fourth-order valence-electron chi connectivity index (χ4n) is 4.00. The minimum atomic E-state index is -0.835. The van der Waals surface area contributed by atoms with Gasteiger partial charge in [0.2, 0.25) is 6.79 Å². The average Bonchev–Trinajstić information content (AvgIpc) is 2.83. The Bertz CT molecular complexity index is 873. The minimum absolute atomic E-state index is 0.0294. The van der Waals surface area contributed by atoms with Crippen LogP contribution in [0.5, 0.6) is 11.5 Å². The molecule has 1 aliphatic heterocycles. The number of carbonyl (C=O) groups is 3. The van der Waals surface area contributed by atoms with Gasteiger partial charge in [0.25, 0.3) is 0 Å². The number of hydrogen-bond acceptors (Lipinski definition) is 10. The van der Waals surface area contributed by atoms with Crippen molar-refractivity contribution >= 4 is 17.7 Å². The van der Waals surface area contributed by atoms with Crippen LogP contribution in [0, 0.1) is 17.8 Å². The van der Waals surface area contributed by atoms with E-state index in [1.807, 2.05) is 6.92 Å². The molecule has 36 heavy (non-hydrogen) atoms. The van der Waals surface area contributed by atoms with Gasteiger partial charge >= 0.3 is 11.9 Å². The molecule has 202 valence electrons. The number of rotatable bonds is 11. The van der Waals surface area contributed by atoms with Gasteiger partial charge in [0.1, 0.15) is 6.10 Å². The number of Topliss-reactive ketones (excluding diaryl/α,β-unsaturated/α-hetero) is 1. The van der Waals surface area contributed by atoms with Crippen LogP contribution < -0.4 is 9.47 Å². The van der Waals surface area contributed by atoms with Gasteiger partial charge in [0, 0.05) is 38.8 Å². The smallest absolute Gasteiger partial charge is 0.312 e. The second-order valence-corrected chi connectivity index (χ2v) is 9.28. The minimum Gasteiger partial charge on any atom is -0.493 e. The highest BCUT2D eigenvalue weighted by Gasteiger charge is 2.34. The number of aromatic nitrogens is 1. The molecule has 1 aromatic heterocycles. The number of esters is 2. The fraction of sp³-hybridized carbons (Fsp3) is 0.692. The molecule has 0 bridgehead atoms. The molecule has 0 amide bonds. The second-order valence-electron chi connectivity index (χ2n) is 9.28. The summed E-state index contributed by atoms with van der Waals surface area (Å²) in [4.78, 5) is 41.5. The molecule has 2 rings (SSSR count).